The smallest absolute Gasteiger partial charge is 0.244 e. The van der Waals surface area contributed by atoms with Gasteiger partial charge in [0.05, 0.1) is 12.6 Å². The van der Waals surface area contributed by atoms with Crippen LogP contribution in [0.15, 0.2) is 33.9 Å². The van der Waals surface area contributed by atoms with Gasteiger partial charge in [-0.05, 0) is 19.1 Å². The van der Waals surface area contributed by atoms with Crippen LogP contribution in [0.25, 0.3) is 0 Å². The van der Waals surface area contributed by atoms with Crippen molar-refractivity contribution in [2.45, 2.75) is 24.5 Å². The van der Waals surface area contributed by atoms with Crippen LogP contribution in [-0.4, -0.2) is 23.5 Å². The van der Waals surface area contributed by atoms with Crippen molar-refractivity contribution in [2.24, 2.45) is 0 Å². The standard InChI is InChI=1S/C12H13BrFN3O3S/c1-7(12-15-2-3-16-12)17-21(19,20)10-5-9(13)4-8(6-18)11(10)14/h2-5,7,17-18H,6H2,1H3,(H,15,16). The molecule has 2 aromatic rings. The normalized spacial score (nSPS) is 13.3. The highest BCUT2D eigenvalue weighted by molar-refractivity contribution is 9.10. The van der Waals surface area contributed by atoms with E-state index in [9.17, 15) is 12.8 Å². The summed E-state index contributed by atoms with van der Waals surface area (Å²) >= 11 is 3.10. The second-order valence-electron chi connectivity index (χ2n) is 4.35. The highest BCUT2D eigenvalue weighted by atomic mass is 79.9. The van der Waals surface area contributed by atoms with Gasteiger partial charge in [0.15, 0.2) is 0 Å². The lowest BCUT2D eigenvalue weighted by Gasteiger charge is -2.14. The molecule has 1 atom stereocenters. The summed E-state index contributed by atoms with van der Waals surface area (Å²) in [6.07, 6.45) is 3.05. The molecule has 0 saturated heterocycles. The molecule has 0 fully saturated rings. The van der Waals surface area contributed by atoms with Crippen LogP contribution in [0.1, 0.15) is 24.4 Å². The molecule has 9 heteroatoms. The van der Waals surface area contributed by atoms with Gasteiger partial charge in [-0.25, -0.2) is 22.5 Å². The zero-order chi connectivity index (χ0) is 15.6. The predicted octanol–water partition coefficient (Wildman–Crippen LogP) is 1.84. The highest BCUT2D eigenvalue weighted by Gasteiger charge is 2.25. The molecule has 0 radical (unpaired) electrons. The van der Waals surface area contributed by atoms with Gasteiger partial charge < -0.3 is 10.1 Å². The van der Waals surface area contributed by atoms with Crippen LogP contribution in [-0.2, 0) is 16.6 Å². The fourth-order valence-electron chi connectivity index (χ4n) is 1.80. The van der Waals surface area contributed by atoms with Gasteiger partial charge in [-0.3, -0.25) is 0 Å². The Labute approximate surface area is 129 Å². The summed E-state index contributed by atoms with van der Waals surface area (Å²) in [6, 6.07) is 1.82. The van der Waals surface area contributed by atoms with E-state index < -0.39 is 33.4 Å². The summed E-state index contributed by atoms with van der Waals surface area (Å²) in [6.45, 7) is 0.987. The second kappa shape index (κ2) is 6.22. The van der Waals surface area contributed by atoms with E-state index in [0.717, 1.165) is 6.07 Å². The van der Waals surface area contributed by atoms with Crippen LogP contribution < -0.4 is 4.72 Å². The minimum Gasteiger partial charge on any atom is -0.392 e. The van der Waals surface area contributed by atoms with Crippen molar-refractivity contribution < 1.29 is 17.9 Å². The molecule has 2 rings (SSSR count). The van der Waals surface area contributed by atoms with Gasteiger partial charge in [0.2, 0.25) is 10.0 Å². The minimum absolute atomic E-state index is 0.101. The van der Waals surface area contributed by atoms with Gasteiger partial charge in [0.25, 0.3) is 0 Å². The first-order chi connectivity index (χ1) is 9.85. The fraction of sp³-hybridized carbons (Fsp3) is 0.250. The van der Waals surface area contributed by atoms with Gasteiger partial charge in [0, 0.05) is 22.4 Å². The first-order valence-corrected chi connectivity index (χ1v) is 8.23. The molecular weight excluding hydrogens is 365 g/mol. The molecule has 114 valence electrons. The topological polar surface area (TPSA) is 95.1 Å². The molecule has 6 nitrogen and oxygen atoms in total. The average molecular weight is 378 g/mol. The molecule has 0 amide bonds. The Morgan fingerprint density at radius 3 is 2.81 bits per heavy atom. The van der Waals surface area contributed by atoms with Crippen molar-refractivity contribution in [3.63, 3.8) is 0 Å². The Balaban J connectivity index is 2.38. The number of rotatable bonds is 5. The number of aliphatic hydroxyl groups excluding tert-OH is 1. The number of benzene rings is 1. The summed E-state index contributed by atoms with van der Waals surface area (Å²) in [5, 5.41) is 9.07. The van der Waals surface area contributed by atoms with Gasteiger partial charge >= 0.3 is 0 Å². The average Bonchev–Trinajstić information content (AvgIpc) is 2.94. The zero-order valence-corrected chi connectivity index (χ0v) is 13.4. The van der Waals surface area contributed by atoms with Crippen LogP contribution in [0.2, 0.25) is 0 Å². The zero-order valence-electron chi connectivity index (χ0n) is 11.0. The second-order valence-corrected chi connectivity index (χ2v) is 6.95. The van der Waals surface area contributed by atoms with Crippen LogP contribution in [0.5, 0.6) is 0 Å². The SMILES string of the molecule is CC(NS(=O)(=O)c1cc(Br)cc(CO)c1F)c1ncc[nH]1. The van der Waals surface area contributed by atoms with E-state index in [1.54, 1.807) is 13.1 Å². The largest absolute Gasteiger partial charge is 0.392 e. The highest BCUT2D eigenvalue weighted by Crippen LogP contribution is 2.25. The molecule has 0 bridgehead atoms. The monoisotopic (exact) mass is 377 g/mol. The van der Waals surface area contributed by atoms with Crippen molar-refractivity contribution in [3.05, 3.63) is 46.2 Å². The Morgan fingerprint density at radius 2 is 2.24 bits per heavy atom. The number of sulfonamides is 1. The number of halogens is 2. The minimum atomic E-state index is -4.10. The molecule has 3 N–H and O–H groups in total. The van der Waals surface area contributed by atoms with Crippen molar-refractivity contribution in [1.82, 2.24) is 14.7 Å². The Kier molecular flexibility index (Phi) is 4.77. The van der Waals surface area contributed by atoms with E-state index >= 15 is 0 Å². The number of aromatic amines is 1. The third-order valence-corrected chi connectivity index (χ3v) is 4.80. The van der Waals surface area contributed by atoms with Crippen LogP contribution >= 0.6 is 15.9 Å². The molecule has 0 spiro atoms. The van der Waals surface area contributed by atoms with Crippen LogP contribution in [0, 0.1) is 5.82 Å². The molecule has 0 aliphatic rings. The third kappa shape index (κ3) is 3.49. The Morgan fingerprint density at radius 1 is 1.52 bits per heavy atom. The maximum Gasteiger partial charge on any atom is 0.244 e. The van der Waals surface area contributed by atoms with Gasteiger partial charge in [-0.2, -0.15) is 0 Å². The van der Waals surface area contributed by atoms with E-state index in [1.807, 2.05) is 0 Å². The third-order valence-electron chi connectivity index (χ3n) is 2.80. The van der Waals surface area contributed by atoms with E-state index in [2.05, 4.69) is 30.6 Å². The van der Waals surface area contributed by atoms with E-state index in [4.69, 9.17) is 5.11 Å². The lowest BCUT2D eigenvalue weighted by Crippen LogP contribution is -2.28. The molecule has 1 heterocycles. The maximum atomic E-state index is 14.1. The lowest BCUT2D eigenvalue weighted by molar-refractivity contribution is 0.274. The first kappa shape index (κ1) is 16.1. The molecule has 21 heavy (non-hydrogen) atoms. The number of nitrogens with one attached hydrogen (secondary N) is 2. The number of hydrogen-bond donors (Lipinski definition) is 3. The molecule has 0 saturated carbocycles. The number of hydrogen-bond acceptors (Lipinski definition) is 4. The maximum absolute atomic E-state index is 14.1. The van der Waals surface area contributed by atoms with Crippen molar-refractivity contribution in [2.75, 3.05) is 0 Å². The summed E-state index contributed by atoms with van der Waals surface area (Å²) in [4.78, 5) is 6.19. The quantitative estimate of drug-likeness (QED) is 0.740. The summed E-state index contributed by atoms with van der Waals surface area (Å²) in [7, 11) is -4.10. The summed E-state index contributed by atoms with van der Waals surface area (Å²) in [5.41, 5.74) is -0.101. The predicted molar refractivity (Wildman–Crippen MR) is 77.3 cm³/mol. The molecule has 1 unspecified atom stereocenters. The summed E-state index contributed by atoms with van der Waals surface area (Å²) in [5.74, 6) is -0.559. The van der Waals surface area contributed by atoms with E-state index in [1.165, 1.54) is 12.3 Å². The van der Waals surface area contributed by atoms with E-state index in [0.29, 0.717) is 10.3 Å². The fourth-order valence-corrected chi connectivity index (χ4v) is 3.81. The van der Waals surface area contributed by atoms with Crippen LogP contribution in [0.3, 0.4) is 0 Å². The molecule has 0 aliphatic carbocycles. The molecular formula is C12H13BrFN3O3S. The number of aliphatic hydroxyl groups is 1. The van der Waals surface area contributed by atoms with Crippen molar-refractivity contribution >= 4 is 26.0 Å². The first-order valence-electron chi connectivity index (χ1n) is 5.95. The summed E-state index contributed by atoms with van der Waals surface area (Å²) < 4.78 is 41.4. The van der Waals surface area contributed by atoms with Crippen molar-refractivity contribution in [1.29, 1.82) is 0 Å². The number of imidazole rings is 1. The number of H-pyrrole nitrogens is 1. The Bertz CT molecular complexity index is 734. The molecule has 0 aliphatic heterocycles. The Hall–Kier alpha value is -1.29. The van der Waals surface area contributed by atoms with Gasteiger partial charge in [-0.1, -0.05) is 15.9 Å². The van der Waals surface area contributed by atoms with Gasteiger partial charge in [0.1, 0.15) is 16.5 Å². The lowest BCUT2D eigenvalue weighted by atomic mass is 10.2. The molecule has 1 aromatic heterocycles. The van der Waals surface area contributed by atoms with E-state index in [-0.39, 0.29) is 5.56 Å². The van der Waals surface area contributed by atoms with Crippen LogP contribution in [0.4, 0.5) is 4.39 Å². The number of nitrogens with zero attached hydrogens (tertiary/aromatic N) is 1. The molecule has 1 aromatic carbocycles. The van der Waals surface area contributed by atoms with Crippen molar-refractivity contribution in [3.8, 4) is 0 Å². The van der Waals surface area contributed by atoms with Gasteiger partial charge in [-0.15, -0.1) is 0 Å². The number of aromatic nitrogens is 2.